The summed E-state index contributed by atoms with van der Waals surface area (Å²) in [5.74, 6) is -1.24. The molecule has 3 aliphatic rings. The molecule has 1 saturated heterocycles. The average molecular weight is 584 g/mol. The molecule has 3 rings (SSSR count). The van der Waals surface area contributed by atoms with Crippen molar-refractivity contribution >= 4 is 34.0 Å². The average Bonchev–Trinajstić information content (AvgIpc) is 3.76. The molecule has 4 atom stereocenters. The normalized spacial score (nSPS) is 23.6. The summed E-state index contributed by atoms with van der Waals surface area (Å²) in [6.45, 7) is 6.02. The molecule has 4 amide bonds. The minimum absolute atomic E-state index is 0.0392. The van der Waals surface area contributed by atoms with Crippen LogP contribution in [0.1, 0.15) is 85.0 Å². The predicted molar refractivity (Wildman–Crippen MR) is 149 cm³/mol. The number of carbonyl (C=O) groups is 4. The van der Waals surface area contributed by atoms with Gasteiger partial charge in [-0.15, -0.1) is 0 Å². The zero-order chi connectivity index (χ0) is 29.5. The van der Waals surface area contributed by atoms with Crippen LogP contribution in [0.25, 0.3) is 0 Å². The van der Waals surface area contributed by atoms with Crippen molar-refractivity contribution in [2.75, 3.05) is 13.1 Å². The Morgan fingerprint density at radius 1 is 1.10 bits per heavy atom. The number of nitrogens with two attached hydrogens (primary N) is 1. The molecule has 0 aromatic heterocycles. The Labute approximate surface area is 237 Å². The number of nitrogens with zero attached hydrogens (tertiary/aromatic N) is 1. The summed E-state index contributed by atoms with van der Waals surface area (Å²) >= 11 is 0. The first-order valence-electron chi connectivity index (χ1n) is 14.3. The van der Waals surface area contributed by atoms with E-state index in [1.807, 2.05) is 12.2 Å². The highest BCUT2D eigenvalue weighted by molar-refractivity contribution is 7.88. The molecule has 0 aromatic carbocycles. The number of amides is 4. The Balaban J connectivity index is 1.38. The SMILES string of the molecule is CC(C)(C)OC(=O)NC(CCCCC/C=C\[C@@H]1C[C@@H]1C(=O)NS(=O)(=O)NCC1CC1)C(=O)N1CCC[C@H]1C(N)=O. The summed E-state index contributed by atoms with van der Waals surface area (Å²) in [5, 5.41) is 2.68. The summed E-state index contributed by atoms with van der Waals surface area (Å²) in [4.78, 5) is 51.1. The molecule has 1 unspecified atom stereocenters. The van der Waals surface area contributed by atoms with Crippen LogP contribution in [0, 0.1) is 17.8 Å². The third kappa shape index (κ3) is 10.7. The number of ether oxygens (including phenoxy) is 1. The van der Waals surface area contributed by atoms with E-state index in [4.69, 9.17) is 10.5 Å². The zero-order valence-electron chi connectivity index (χ0n) is 23.8. The lowest BCUT2D eigenvalue weighted by Gasteiger charge is -2.28. The van der Waals surface area contributed by atoms with E-state index in [1.54, 1.807) is 20.8 Å². The largest absolute Gasteiger partial charge is 0.444 e. The molecule has 226 valence electrons. The van der Waals surface area contributed by atoms with Crippen LogP contribution in [0.4, 0.5) is 4.79 Å². The van der Waals surface area contributed by atoms with Crippen molar-refractivity contribution in [1.29, 1.82) is 0 Å². The standard InChI is InChI=1S/C27H45N5O7S/c1-27(2,3)39-26(36)30-21(25(35)32-15-9-12-22(32)23(28)33)11-8-6-4-5-7-10-19-16-20(19)24(34)31-40(37,38)29-17-18-13-14-18/h7,10,18-22,29H,4-6,8-9,11-17H2,1-3H3,(H2,28,33)(H,30,36)(H,31,34)/b10-7-/t19-,20+,21?,22+/m1/s1. The maximum atomic E-state index is 13.2. The molecule has 3 fully saturated rings. The van der Waals surface area contributed by atoms with E-state index < -0.39 is 45.8 Å². The molecule has 2 saturated carbocycles. The summed E-state index contributed by atoms with van der Waals surface area (Å²) < 4.78 is 33.8. The lowest BCUT2D eigenvalue weighted by atomic mass is 10.0. The molecule has 1 heterocycles. The second-order valence-corrected chi connectivity index (χ2v) is 13.6. The van der Waals surface area contributed by atoms with Crippen LogP contribution in [0.2, 0.25) is 0 Å². The minimum atomic E-state index is -3.80. The first-order chi connectivity index (χ1) is 18.8. The topological polar surface area (TPSA) is 177 Å². The van der Waals surface area contributed by atoms with E-state index in [1.165, 1.54) is 4.90 Å². The molecule has 5 N–H and O–H groups in total. The van der Waals surface area contributed by atoms with Crippen molar-refractivity contribution in [1.82, 2.24) is 19.7 Å². The molecule has 0 aromatic rings. The fraction of sp³-hybridized carbons (Fsp3) is 0.778. The van der Waals surface area contributed by atoms with E-state index in [0.29, 0.717) is 51.1 Å². The lowest BCUT2D eigenvalue weighted by molar-refractivity contribution is -0.139. The van der Waals surface area contributed by atoms with Crippen LogP contribution in [0.15, 0.2) is 12.2 Å². The van der Waals surface area contributed by atoms with E-state index in [0.717, 1.165) is 32.1 Å². The van der Waals surface area contributed by atoms with E-state index in [2.05, 4.69) is 14.8 Å². The minimum Gasteiger partial charge on any atom is -0.444 e. The molecule has 1 aliphatic heterocycles. The van der Waals surface area contributed by atoms with Gasteiger partial charge in [-0.25, -0.2) is 9.52 Å². The van der Waals surface area contributed by atoms with Crippen molar-refractivity contribution in [3.8, 4) is 0 Å². The monoisotopic (exact) mass is 583 g/mol. The second kappa shape index (κ2) is 13.8. The molecule has 0 radical (unpaired) electrons. The van der Waals surface area contributed by atoms with Crippen LogP contribution in [0.3, 0.4) is 0 Å². The van der Waals surface area contributed by atoms with Gasteiger partial charge in [0.25, 0.3) is 0 Å². The number of likely N-dealkylation sites (tertiary alicyclic amines) is 1. The molecular formula is C27H45N5O7S. The summed E-state index contributed by atoms with van der Waals surface area (Å²) in [7, 11) is -3.80. The molecule has 2 aliphatic carbocycles. The van der Waals surface area contributed by atoms with Gasteiger partial charge in [0, 0.05) is 19.0 Å². The Morgan fingerprint density at radius 3 is 2.48 bits per heavy atom. The quantitative estimate of drug-likeness (QED) is 0.168. The third-order valence-corrected chi connectivity index (χ3v) is 8.29. The van der Waals surface area contributed by atoms with Crippen LogP contribution in [-0.4, -0.2) is 67.9 Å². The van der Waals surface area contributed by atoms with Gasteiger partial charge in [0.2, 0.25) is 17.7 Å². The van der Waals surface area contributed by atoms with Crippen LogP contribution in [-0.2, 0) is 29.3 Å². The maximum absolute atomic E-state index is 13.2. The molecule has 12 nitrogen and oxygen atoms in total. The van der Waals surface area contributed by atoms with Crippen LogP contribution >= 0.6 is 0 Å². The highest BCUT2D eigenvalue weighted by Gasteiger charge is 2.42. The number of hydrogen-bond acceptors (Lipinski definition) is 7. The zero-order valence-corrected chi connectivity index (χ0v) is 24.6. The number of carbonyl (C=O) groups excluding carboxylic acids is 4. The predicted octanol–water partition coefficient (Wildman–Crippen LogP) is 1.86. The first kappa shape index (κ1) is 31.9. The van der Waals surface area contributed by atoms with Gasteiger partial charge in [-0.05, 0) is 84.0 Å². The fourth-order valence-corrected chi connectivity index (χ4v) is 5.76. The Bertz CT molecular complexity index is 1070. The summed E-state index contributed by atoms with van der Waals surface area (Å²) in [5.41, 5.74) is 4.76. The number of primary amides is 1. The Morgan fingerprint density at radius 2 is 1.82 bits per heavy atom. The van der Waals surface area contributed by atoms with E-state index >= 15 is 0 Å². The highest BCUT2D eigenvalue weighted by atomic mass is 32.2. The van der Waals surface area contributed by atoms with Gasteiger partial charge in [0.15, 0.2) is 0 Å². The van der Waals surface area contributed by atoms with Gasteiger partial charge in [0.1, 0.15) is 17.7 Å². The van der Waals surface area contributed by atoms with Crippen LogP contribution in [0.5, 0.6) is 0 Å². The number of allylic oxidation sites excluding steroid dienone is 2. The highest BCUT2D eigenvalue weighted by Crippen LogP contribution is 2.40. The van der Waals surface area contributed by atoms with Gasteiger partial charge in [-0.2, -0.15) is 13.1 Å². The third-order valence-electron chi connectivity index (χ3n) is 7.27. The molecular weight excluding hydrogens is 538 g/mol. The molecule has 0 spiro atoms. The Kier molecular flexibility index (Phi) is 11.0. The number of unbranched alkanes of at least 4 members (excludes halogenated alkanes) is 3. The fourth-order valence-electron chi connectivity index (χ4n) is 4.81. The summed E-state index contributed by atoms with van der Waals surface area (Å²) in [6.07, 6.45) is 10.7. The summed E-state index contributed by atoms with van der Waals surface area (Å²) in [6, 6.07) is -1.47. The number of nitrogens with one attached hydrogen (secondary N) is 3. The number of hydrogen-bond donors (Lipinski definition) is 4. The van der Waals surface area contributed by atoms with Crippen molar-refractivity contribution in [2.24, 2.45) is 23.5 Å². The molecule has 40 heavy (non-hydrogen) atoms. The van der Waals surface area contributed by atoms with Gasteiger partial charge in [0.05, 0.1) is 0 Å². The number of alkyl carbamates (subject to hydrolysis) is 1. The molecule has 0 bridgehead atoms. The molecule has 13 heteroatoms. The van der Waals surface area contributed by atoms with Gasteiger partial charge in [-0.1, -0.05) is 25.0 Å². The van der Waals surface area contributed by atoms with Gasteiger partial charge >= 0.3 is 16.3 Å². The van der Waals surface area contributed by atoms with Gasteiger partial charge in [-0.3, -0.25) is 14.4 Å². The van der Waals surface area contributed by atoms with Gasteiger partial charge < -0.3 is 20.7 Å². The van der Waals surface area contributed by atoms with Crippen molar-refractivity contribution in [2.45, 2.75) is 103 Å². The van der Waals surface area contributed by atoms with E-state index in [9.17, 15) is 27.6 Å². The van der Waals surface area contributed by atoms with Crippen molar-refractivity contribution in [3.05, 3.63) is 12.2 Å². The second-order valence-electron chi connectivity index (χ2n) is 12.1. The smallest absolute Gasteiger partial charge is 0.408 e. The van der Waals surface area contributed by atoms with Crippen LogP contribution < -0.4 is 20.5 Å². The number of rotatable bonds is 15. The van der Waals surface area contributed by atoms with Crippen molar-refractivity contribution in [3.63, 3.8) is 0 Å². The first-order valence-corrected chi connectivity index (χ1v) is 15.8. The Hall–Kier alpha value is -2.67. The van der Waals surface area contributed by atoms with Crippen molar-refractivity contribution < 1.29 is 32.3 Å². The lowest BCUT2D eigenvalue weighted by Crippen LogP contribution is -2.53. The van der Waals surface area contributed by atoms with E-state index in [-0.39, 0.29) is 17.7 Å². The maximum Gasteiger partial charge on any atom is 0.408 e.